The van der Waals surface area contributed by atoms with Gasteiger partial charge in [-0.25, -0.2) is 4.98 Å². The molecule has 3 heterocycles. The number of nitrogens with one attached hydrogen (secondary N) is 2. The molecule has 0 spiro atoms. The number of rotatable bonds is 7. The standard InChI is InChI=1S/C24H34B5ClN6O3/c1-12-6-13(2)11-36(10-12)22-31-9-16(30)19(33-22)32-15-4-5-17-14(7-15)8-18(20(37)35(17)3)39-23(25,26)21(38)34-24(27,28)29/h4-5,7-9,12-13H,6,10-11,25-29H2,1-3H3,(H,34,38)(H,31,32,33)/t12-,13+. The van der Waals surface area contributed by atoms with E-state index in [1.54, 1.807) is 35.0 Å². The third-order valence-electron chi connectivity index (χ3n) is 6.74. The number of aromatic nitrogens is 3. The van der Waals surface area contributed by atoms with E-state index in [-0.39, 0.29) is 17.2 Å². The molecule has 39 heavy (non-hydrogen) atoms. The van der Waals surface area contributed by atoms with Gasteiger partial charge in [0.1, 0.15) is 34.0 Å². The van der Waals surface area contributed by atoms with E-state index in [0.29, 0.717) is 28.6 Å². The Morgan fingerprint density at radius 3 is 2.44 bits per heavy atom. The molecule has 2 N–H and O–H groups in total. The highest BCUT2D eigenvalue weighted by Gasteiger charge is 2.33. The number of amides is 1. The van der Waals surface area contributed by atoms with Crippen molar-refractivity contribution in [2.75, 3.05) is 23.3 Å². The van der Waals surface area contributed by atoms with Gasteiger partial charge in [-0.15, -0.1) is 0 Å². The number of ether oxygens (including phenoxy) is 1. The van der Waals surface area contributed by atoms with Crippen molar-refractivity contribution in [3.63, 3.8) is 0 Å². The molecule has 1 aromatic carbocycles. The van der Waals surface area contributed by atoms with Crippen LogP contribution in [0.4, 0.5) is 17.5 Å². The van der Waals surface area contributed by atoms with E-state index in [9.17, 15) is 9.59 Å². The van der Waals surface area contributed by atoms with Crippen molar-refractivity contribution >= 4 is 85.1 Å². The minimum absolute atomic E-state index is 0.0897. The summed E-state index contributed by atoms with van der Waals surface area (Å²) in [7, 11) is 10.7. The van der Waals surface area contributed by atoms with E-state index in [1.807, 2.05) is 41.7 Å². The third-order valence-corrected chi connectivity index (χ3v) is 7.01. The van der Waals surface area contributed by atoms with Crippen LogP contribution >= 0.6 is 11.6 Å². The van der Waals surface area contributed by atoms with Gasteiger partial charge in [0.2, 0.25) is 11.9 Å². The van der Waals surface area contributed by atoms with Gasteiger partial charge in [0.25, 0.3) is 5.56 Å². The summed E-state index contributed by atoms with van der Waals surface area (Å²) in [4.78, 5) is 37.3. The number of carbonyl (C=O) groups excluding carboxylic acids is 1. The van der Waals surface area contributed by atoms with Crippen LogP contribution in [0.5, 0.6) is 5.75 Å². The Morgan fingerprint density at radius 2 is 1.79 bits per heavy atom. The zero-order chi connectivity index (χ0) is 28.7. The average molecular weight is 544 g/mol. The molecule has 1 aliphatic rings. The zero-order valence-corrected chi connectivity index (χ0v) is 24.8. The van der Waals surface area contributed by atoms with E-state index >= 15 is 0 Å². The lowest BCUT2D eigenvalue weighted by Crippen LogP contribution is -2.61. The van der Waals surface area contributed by atoms with Gasteiger partial charge < -0.3 is 24.8 Å². The molecule has 0 saturated carbocycles. The van der Waals surface area contributed by atoms with Gasteiger partial charge in [0.15, 0.2) is 27.3 Å². The molecule has 1 saturated heterocycles. The van der Waals surface area contributed by atoms with Crippen LogP contribution < -0.4 is 25.8 Å². The molecule has 15 heteroatoms. The zero-order valence-electron chi connectivity index (χ0n) is 24.1. The Balaban J connectivity index is 1.63. The summed E-state index contributed by atoms with van der Waals surface area (Å²) in [5.41, 5.74) is 1.14. The average Bonchev–Trinajstić information content (AvgIpc) is 2.82. The van der Waals surface area contributed by atoms with Gasteiger partial charge >= 0.3 is 0 Å². The highest BCUT2D eigenvalue weighted by molar-refractivity contribution is 6.61. The predicted molar refractivity (Wildman–Crippen MR) is 172 cm³/mol. The Kier molecular flexibility index (Phi) is 8.08. The number of anilines is 3. The SMILES string of the molecule is BC(B)(B)NC(=O)C(B)(B)Oc1cc2cc(Nc3nc(N4C[C@H](C)C[C@H](C)C4)ncc3Cl)ccc2n(C)c1=O. The number of halogens is 1. The lowest BCUT2D eigenvalue weighted by Gasteiger charge is -2.35. The van der Waals surface area contributed by atoms with Crippen LogP contribution in [-0.4, -0.2) is 83.4 Å². The highest BCUT2D eigenvalue weighted by Crippen LogP contribution is 2.30. The molecule has 3 aromatic rings. The molecule has 0 unspecified atom stereocenters. The first-order valence-electron chi connectivity index (χ1n) is 13.3. The van der Waals surface area contributed by atoms with E-state index < -0.39 is 10.6 Å². The Hall–Kier alpha value is -3.01. The number of aryl methyl sites for hydroxylation is 1. The minimum Gasteiger partial charge on any atom is -0.491 e. The van der Waals surface area contributed by atoms with E-state index in [1.165, 1.54) is 11.0 Å². The second-order valence-electron chi connectivity index (χ2n) is 12.3. The molecule has 1 amide bonds. The monoisotopic (exact) mass is 544 g/mol. The van der Waals surface area contributed by atoms with Gasteiger partial charge in [0, 0.05) is 31.2 Å². The fraction of sp³-hybridized carbons (Fsp3) is 0.417. The fourth-order valence-corrected chi connectivity index (χ4v) is 5.12. The van der Waals surface area contributed by atoms with Gasteiger partial charge in [-0.1, -0.05) is 25.4 Å². The molecule has 2 atom stereocenters. The fourth-order valence-electron chi connectivity index (χ4n) is 4.98. The van der Waals surface area contributed by atoms with Crippen LogP contribution in [0.1, 0.15) is 20.3 Å². The number of hydrogen-bond acceptors (Lipinski definition) is 7. The molecule has 4 rings (SSSR count). The van der Waals surface area contributed by atoms with Gasteiger partial charge in [0.05, 0.1) is 11.7 Å². The van der Waals surface area contributed by atoms with Crippen molar-refractivity contribution in [3.05, 3.63) is 45.8 Å². The summed E-state index contributed by atoms with van der Waals surface area (Å²) in [6, 6.07) is 7.28. The summed E-state index contributed by atoms with van der Waals surface area (Å²) in [6.45, 7) is 6.30. The van der Waals surface area contributed by atoms with Gasteiger partial charge in [-0.05, 0) is 47.8 Å². The molecule has 1 fully saturated rings. The predicted octanol–water partition coefficient (Wildman–Crippen LogP) is -1.87. The lowest BCUT2D eigenvalue weighted by molar-refractivity contribution is -0.126. The molecular formula is C24H34B5ClN6O3. The quantitative estimate of drug-likeness (QED) is 0.337. The van der Waals surface area contributed by atoms with Gasteiger partial charge in [-0.2, -0.15) is 4.98 Å². The lowest BCUT2D eigenvalue weighted by atomic mass is 9.49. The van der Waals surface area contributed by atoms with Gasteiger partial charge in [-0.3, -0.25) is 9.59 Å². The second-order valence-corrected chi connectivity index (χ2v) is 12.7. The molecule has 1 aliphatic heterocycles. The molecule has 0 bridgehead atoms. The topological polar surface area (TPSA) is 101 Å². The molecule has 0 radical (unpaired) electrons. The maximum absolute atomic E-state index is 13.1. The first-order valence-corrected chi connectivity index (χ1v) is 13.7. The van der Waals surface area contributed by atoms with Crippen molar-refractivity contribution in [2.24, 2.45) is 18.9 Å². The maximum atomic E-state index is 13.1. The van der Waals surface area contributed by atoms with Crippen LogP contribution in [-0.2, 0) is 11.8 Å². The van der Waals surface area contributed by atoms with Crippen molar-refractivity contribution in [1.82, 2.24) is 19.9 Å². The van der Waals surface area contributed by atoms with E-state index in [0.717, 1.165) is 29.7 Å². The summed E-state index contributed by atoms with van der Waals surface area (Å²) in [5.74, 6) is 2.07. The number of carbonyl (C=O) groups is 1. The van der Waals surface area contributed by atoms with Crippen molar-refractivity contribution < 1.29 is 9.53 Å². The molecule has 9 nitrogen and oxygen atoms in total. The summed E-state index contributed by atoms with van der Waals surface area (Å²) >= 11 is 6.47. The number of nitrogens with zero attached hydrogens (tertiary/aromatic N) is 4. The Bertz CT molecular complexity index is 1450. The Labute approximate surface area is 238 Å². The first-order chi connectivity index (χ1) is 18.1. The molecule has 2 aromatic heterocycles. The number of hydrogen-bond donors (Lipinski definition) is 2. The minimum atomic E-state index is -1.25. The van der Waals surface area contributed by atoms with Crippen molar-refractivity contribution in [2.45, 2.75) is 30.9 Å². The van der Waals surface area contributed by atoms with Crippen molar-refractivity contribution in [1.29, 1.82) is 0 Å². The number of pyridine rings is 1. The highest BCUT2D eigenvalue weighted by atomic mass is 35.5. The first kappa shape index (κ1) is 29.0. The summed E-state index contributed by atoms with van der Waals surface area (Å²) in [5, 5.41) is 5.71. The van der Waals surface area contributed by atoms with Crippen LogP contribution in [0.3, 0.4) is 0 Å². The van der Waals surface area contributed by atoms with Crippen LogP contribution in [0.15, 0.2) is 35.3 Å². The largest absolute Gasteiger partial charge is 0.491 e. The molecular weight excluding hydrogens is 510 g/mol. The third kappa shape index (κ3) is 6.77. The van der Waals surface area contributed by atoms with E-state index in [2.05, 4.69) is 34.4 Å². The summed E-state index contributed by atoms with van der Waals surface area (Å²) in [6.07, 6.45) is 2.82. The molecule has 0 aliphatic carbocycles. The van der Waals surface area contributed by atoms with E-state index in [4.69, 9.17) is 21.3 Å². The maximum Gasteiger partial charge on any atom is 0.293 e. The normalized spacial score (nSPS) is 18.1. The molecule has 200 valence electrons. The van der Waals surface area contributed by atoms with Crippen molar-refractivity contribution in [3.8, 4) is 5.75 Å². The van der Waals surface area contributed by atoms with Crippen LogP contribution in [0.25, 0.3) is 10.9 Å². The number of fused-ring (bicyclic) bond motifs is 1. The Morgan fingerprint density at radius 1 is 1.13 bits per heavy atom. The van der Waals surface area contributed by atoms with Crippen LogP contribution in [0.2, 0.25) is 5.02 Å². The second kappa shape index (κ2) is 10.9. The summed E-state index contributed by atoms with van der Waals surface area (Å²) < 4.78 is 7.51. The number of benzene rings is 1. The number of piperidine rings is 1. The van der Waals surface area contributed by atoms with Crippen LogP contribution in [0, 0.1) is 11.8 Å². The smallest absolute Gasteiger partial charge is 0.293 e.